The number of nitrogens with zero attached hydrogens (tertiary/aromatic N) is 6. The number of carbonyl (C=O) groups excluding carboxylic acids is 1. The average Bonchev–Trinajstić information content (AvgIpc) is 3.66. The molecule has 0 aliphatic carbocycles. The summed E-state index contributed by atoms with van der Waals surface area (Å²) in [4.78, 5) is 16.8. The van der Waals surface area contributed by atoms with Gasteiger partial charge >= 0.3 is 24.6 Å². The number of ether oxygens (including phenoxy) is 1. The zero-order valence-electron chi connectivity index (χ0n) is 25.2. The molecule has 1 N–H and O–H groups in total. The number of nitrogens with one attached hydrogen (secondary N) is 1. The third-order valence-electron chi connectivity index (χ3n) is 7.92. The van der Waals surface area contributed by atoms with E-state index in [9.17, 15) is 44.3 Å². The zero-order chi connectivity index (χ0) is 34.5. The number of fused-ring (bicyclic) bond motifs is 1. The van der Waals surface area contributed by atoms with Crippen molar-refractivity contribution in [1.29, 1.82) is 0 Å². The van der Waals surface area contributed by atoms with Crippen molar-refractivity contribution < 1.29 is 49.0 Å². The van der Waals surface area contributed by atoms with E-state index in [4.69, 9.17) is 4.74 Å². The molecule has 0 radical (unpaired) electrons. The molecule has 2 unspecified atom stereocenters. The molecule has 3 atom stereocenters. The molecule has 0 saturated carbocycles. The van der Waals surface area contributed by atoms with Crippen LogP contribution in [-0.4, -0.2) is 51.5 Å². The number of carbonyl (C=O) groups is 1. The number of anilines is 2. The first-order valence-corrected chi connectivity index (χ1v) is 14.6. The van der Waals surface area contributed by atoms with Crippen molar-refractivity contribution in [3.05, 3.63) is 64.2 Å². The number of amides is 1. The predicted octanol–water partition coefficient (Wildman–Crippen LogP) is 7.16. The van der Waals surface area contributed by atoms with Gasteiger partial charge < -0.3 is 15.0 Å². The fourth-order valence-corrected chi connectivity index (χ4v) is 5.79. The minimum absolute atomic E-state index is 0.0126. The molecule has 5 rings (SSSR count). The van der Waals surface area contributed by atoms with Gasteiger partial charge in [0, 0.05) is 19.1 Å². The highest BCUT2D eigenvalue weighted by Gasteiger charge is 2.42. The Kier molecular flexibility index (Phi) is 9.11. The molecule has 9 nitrogen and oxygen atoms in total. The summed E-state index contributed by atoms with van der Waals surface area (Å²) in [5.74, 6) is -0.235. The molecule has 1 amide bonds. The van der Waals surface area contributed by atoms with Crippen molar-refractivity contribution in [2.75, 3.05) is 22.9 Å². The smallest absolute Gasteiger partial charge is 0.416 e. The summed E-state index contributed by atoms with van der Waals surface area (Å²) in [7, 11) is 0. The molecule has 47 heavy (non-hydrogen) atoms. The third kappa shape index (κ3) is 7.41. The van der Waals surface area contributed by atoms with Gasteiger partial charge in [-0.3, -0.25) is 4.90 Å². The van der Waals surface area contributed by atoms with Crippen molar-refractivity contribution in [2.45, 2.75) is 82.9 Å². The molecular weight excluding hydrogens is 649 g/mol. The van der Waals surface area contributed by atoms with E-state index in [1.807, 2.05) is 0 Å². The van der Waals surface area contributed by atoms with Crippen LogP contribution in [0.3, 0.4) is 0 Å². The Bertz CT molecular complexity index is 1570. The summed E-state index contributed by atoms with van der Waals surface area (Å²) >= 11 is 0. The predicted molar refractivity (Wildman–Crippen MR) is 149 cm³/mol. The van der Waals surface area contributed by atoms with E-state index in [0.29, 0.717) is 31.6 Å². The fourth-order valence-electron chi connectivity index (χ4n) is 5.79. The van der Waals surface area contributed by atoms with Crippen LogP contribution >= 0.6 is 0 Å². The largest absolute Gasteiger partial charge is 0.446 e. The van der Waals surface area contributed by atoms with Gasteiger partial charge in [-0.15, -0.1) is 5.10 Å². The molecule has 2 aliphatic rings. The van der Waals surface area contributed by atoms with Gasteiger partial charge in [-0.1, -0.05) is 5.10 Å². The number of hydrogen-bond donors (Lipinski definition) is 1. The third-order valence-corrected chi connectivity index (χ3v) is 7.92. The zero-order valence-corrected chi connectivity index (χ0v) is 25.2. The number of halogens is 9. The van der Waals surface area contributed by atoms with Gasteiger partial charge in [0.1, 0.15) is 0 Å². The molecule has 1 saturated heterocycles. The molecule has 0 bridgehead atoms. The Hall–Kier alpha value is -4.09. The van der Waals surface area contributed by atoms with Crippen molar-refractivity contribution in [3.63, 3.8) is 0 Å². The molecule has 0 spiro atoms. The number of hydrogen-bond acceptors (Lipinski definition) is 7. The second-order valence-electron chi connectivity index (χ2n) is 11.8. The normalized spacial score (nSPS) is 20.4. The Morgan fingerprint density at radius 3 is 2.17 bits per heavy atom. The Balaban J connectivity index is 1.68. The summed E-state index contributed by atoms with van der Waals surface area (Å²) in [5, 5.41) is 15.6. The van der Waals surface area contributed by atoms with Gasteiger partial charge in [0.05, 0.1) is 40.6 Å². The number of alkyl halides is 9. The van der Waals surface area contributed by atoms with Crippen molar-refractivity contribution in [3.8, 4) is 0 Å². The molecule has 3 heterocycles. The lowest BCUT2D eigenvalue weighted by Crippen LogP contribution is -2.47. The number of tetrazole rings is 1. The van der Waals surface area contributed by atoms with Gasteiger partial charge in [0.15, 0.2) is 0 Å². The van der Waals surface area contributed by atoms with Crippen LogP contribution in [0.4, 0.5) is 55.9 Å². The van der Waals surface area contributed by atoms with E-state index in [-0.39, 0.29) is 35.7 Å². The topological polar surface area (TPSA) is 88.4 Å². The Morgan fingerprint density at radius 2 is 1.62 bits per heavy atom. The van der Waals surface area contributed by atoms with Gasteiger partial charge in [-0.2, -0.15) is 44.3 Å². The molecular formula is C29H30F9N7O2. The van der Waals surface area contributed by atoms with Crippen molar-refractivity contribution in [1.82, 2.24) is 25.5 Å². The Labute approximate surface area is 262 Å². The van der Waals surface area contributed by atoms with E-state index in [1.54, 1.807) is 20.8 Å². The highest BCUT2D eigenvalue weighted by atomic mass is 19.4. The monoisotopic (exact) mass is 679 g/mol. The molecule has 2 aromatic carbocycles. The van der Waals surface area contributed by atoms with Crippen LogP contribution in [0.15, 0.2) is 36.4 Å². The maximum absolute atomic E-state index is 14.0. The molecule has 1 aromatic heterocycles. The van der Waals surface area contributed by atoms with Crippen LogP contribution in [0.1, 0.15) is 73.5 Å². The second kappa shape index (κ2) is 12.5. The second-order valence-corrected chi connectivity index (χ2v) is 11.8. The summed E-state index contributed by atoms with van der Waals surface area (Å²) in [6, 6.07) is 1.55. The number of rotatable bonds is 6. The molecule has 256 valence electrons. The van der Waals surface area contributed by atoms with Gasteiger partial charge in [0.2, 0.25) is 0 Å². The number of aromatic nitrogens is 4. The summed E-state index contributed by atoms with van der Waals surface area (Å²) in [6.45, 7) is 5.18. The van der Waals surface area contributed by atoms with Crippen molar-refractivity contribution >= 4 is 17.7 Å². The highest BCUT2D eigenvalue weighted by molar-refractivity contribution is 5.90. The van der Waals surface area contributed by atoms with Gasteiger partial charge in [0.25, 0.3) is 5.95 Å². The van der Waals surface area contributed by atoms with E-state index in [0.717, 1.165) is 18.2 Å². The van der Waals surface area contributed by atoms with Gasteiger partial charge in [-0.25, -0.2) is 4.79 Å². The minimum atomic E-state index is -5.14. The quantitative estimate of drug-likeness (QED) is 0.277. The fraction of sp³-hybridized carbons (Fsp3) is 0.517. The maximum Gasteiger partial charge on any atom is 0.416 e. The molecule has 1 fully saturated rings. The van der Waals surface area contributed by atoms with Crippen LogP contribution in [0, 0.1) is 0 Å². The lowest BCUT2D eigenvalue weighted by Gasteiger charge is -2.43. The average molecular weight is 680 g/mol. The summed E-state index contributed by atoms with van der Waals surface area (Å²) in [6.07, 6.45) is -16.0. The van der Waals surface area contributed by atoms with Crippen LogP contribution in [-0.2, 0) is 29.8 Å². The summed E-state index contributed by atoms with van der Waals surface area (Å²) in [5.41, 5.74) is -4.72. The van der Waals surface area contributed by atoms with Crippen molar-refractivity contribution in [2.24, 2.45) is 0 Å². The van der Waals surface area contributed by atoms with Crippen LogP contribution in [0.5, 0.6) is 0 Å². The van der Waals surface area contributed by atoms with E-state index in [1.165, 1.54) is 14.6 Å². The van der Waals surface area contributed by atoms with E-state index < -0.39 is 71.6 Å². The lowest BCUT2D eigenvalue weighted by atomic mass is 9.89. The van der Waals surface area contributed by atoms with Crippen LogP contribution in [0.25, 0.3) is 0 Å². The minimum Gasteiger partial charge on any atom is -0.446 e. The van der Waals surface area contributed by atoms with E-state index >= 15 is 0 Å². The van der Waals surface area contributed by atoms with Crippen LogP contribution in [0.2, 0.25) is 0 Å². The lowest BCUT2D eigenvalue weighted by molar-refractivity contribution is -0.143. The first-order chi connectivity index (χ1) is 21.8. The highest BCUT2D eigenvalue weighted by Crippen LogP contribution is 2.45. The standard InChI is InChI=1S/C29H30F9N7O2/c1-15(2)47-26(46)44-16(3)8-24(22-12-18(27(30,31)32)4-5-23(22)44)43(25-40-42-45(41-25)21-6-7-39-13-21)14-17-9-19(28(33,34)35)11-20(10-17)29(36,37)38/h4-5,9-12,15-16,21,24,39H,6-8,13-14H2,1-3H3/t16?,21-,24?/m0/s1. The molecule has 18 heteroatoms. The molecule has 3 aromatic rings. The first-order valence-electron chi connectivity index (χ1n) is 14.6. The first kappa shape index (κ1) is 34.3. The van der Waals surface area contributed by atoms with E-state index in [2.05, 4.69) is 20.7 Å². The van der Waals surface area contributed by atoms with Crippen LogP contribution < -0.4 is 15.1 Å². The SMILES string of the molecule is CC(C)OC(=O)N1c2ccc(C(F)(F)F)cc2C(N(Cc2cc(C(F)(F)F)cc(C(F)(F)F)c2)c2nnn([C@H]3CCNC3)n2)CC1C. The Morgan fingerprint density at radius 1 is 0.979 bits per heavy atom. The summed E-state index contributed by atoms with van der Waals surface area (Å²) < 4.78 is 130. The molecule has 2 aliphatic heterocycles. The maximum atomic E-state index is 14.0. The van der Waals surface area contributed by atoms with Gasteiger partial charge in [-0.05, 0) is 92.9 Å². The number of benzene rings is 2.